The Balaban J connectivity index is 3.34. The smallest absolute Gasteiger partial charge is 0.410 e. The van der Waals surface area contributed by atoms with Crippen molar-refractivity contribution in [3.05, 3.63) is 29.3 Å². The zero-order valence-electron chi connectivity index (χ0n) is 9.26. The van der Waals surface area contributed by atoms with Crippen LogP contribution in [0.5, 0.6) is 0 Å². The monoisotopic (exact) mass is 232 g/mol. The standard InChI is InChI=1S/C10H12BF3O2/c1-7-5-4-6-8(10(12,13)14)9(7)11(15-2)16-3/h4-6H,1-3H3. The third kappa shape index (κ3) is 2.57. The second-order valence-corrected chi connectivity index (χ2v) is 3.34. The highest BCUT2D eigenvalue weighted by Crippen LogP contribution is 2.28. The summed E-state index contributed by atoms with van der Waals surface area (Å²) in [5.41, 5.74) is -0.204. The summed E-state index contributed by atoms with van der Waals surface area (Å²) in [7, 11) is 1.61. The van der Waals surface area contributed by atoms with E-state index in [2.05, 4.69) is 0 Å². The van der Waals surface area contributed by atoms with Gasteiger partial charge in [0.05, 0.1) is 5.56 Å². The van der Waals surface area contributed by atoms with Crippen LogP contribution in [0, 0.1) is 6.92 Å². The second kappa shape index (κ2) is 4.89. The van der Waals surface area contributed by atoms with Crippen LogP contribution in [0.1, 0.15) is 11.1 Å². The van der Waals surface area contributed by atoms with Crippen LogP contribution in [0.25, 0.3) is 0 Å². The molecular formula is C10H12BF3O2. The summed E-state index contributed by atoms with van der Waals surface area (Å²) < 4.78 is 48.0. The van der Waals surface area contributed by atoms with Gasteiger partial charge in [-0.05, 0) is 12.4 Å². The molecule has 0 saturated heterocycles. The van der Waals surface area contributed by atoms with Gasteiger partial charge in [0.15, 0.2) is 0 Å². The van der Waals surface area contributed by atoms with Crippen molar-refractivity contribution in [3.8, 4) is 0 Å². The number of aryl methyl sites for hydroxylation is 1. The number of halogens is 3. The third-order valence-electron chi connectivity index (χ3n) is 2.29. The lowest BCUT2D eigenvalue weighted by Gasteiger charge is -2.18. The maximum Gasteiger partial charge on any atom is 0.494 e. The van der Waals surface area contributed by atoms with Crippen molar-refractivity contribution in [1.82, 2.24) is 0 Å². The largest absolute Gasteiger partial charge is 0.494 e. The summed E-state index contributed by atoms with van der Waals surface area (Å²) in [4.78, 5) is 0. The predicted octanol–water partition coefficient (Wildman–Crippen LogP) is 2.00. The zero-order chi connectivity index (χ0) is 12.3. The fourth-order valence-corrected chi connectivity index (χ4v) is 1.57. The maximum absolute atomic E-state index is 12.8. The Hall–Kier alpha value is -1.01. The summed E-state index contributed by atoms with van der Waals surface area (Å²) in [6.07, 6.45) is -4.41. The highest BCUT2D eigenvalue weighted by atomic mass is 19.4. The molecule has 0 atom stereocenters. The van der Waals surface area contributed by atoms with Crippen molar-refractivity contribution >= 4 is 12.6 Å². The summed E-state index contributed by atoms with van der Waals surface area (Å²) in [6.45, 7) is 1.59. The first-order chi connectivity index (χ1) is 7.41. The van der Waals surface area contributed by atoms with Gasteiger partial charge in [-0.15, -0.1) is 0 Å². The molecule has 1 aromatic carbocycles. The Morgan fingerprint density at radius 3 is 2.12 bits per heavy atom. The molecule has 0 spiro atoms. The lowest BCUT2D eigenvalue weighted by atomic mass is 9.73. The van der Waals surface area contributed by atoms with E-state index < -0.39 is 18.9 Å². The Bertz CT molecular complexity index is 362. The lowest BCUT2D eigenvalue weighted by Crippen LogP contribution is -2.41. The molecule has 0 aromatic heterocycles. The van der Waals surface area contributed by atoms with Crippen LogP contribution >= 0.6 is 0 Å². The first kappa shape index (κ1) is 13.1. The minimum atomic E-state index is -4.41. The van der Waals surface area contributed by atoms with E-state index in [4.69, 9.17) is 9.31 Å². The van der Waals surface area contributed by atoms with Crippen LogP contribution in [0.3, 0.4) is 0 Å². The average molecular weight is 232 g/mol. The predicted molar refractivity (Wildman–Crippen MR) is 55.6 cm³/mol. The van der Waals surface area contributed by atoms with Crippen molar-refractivity contribution in [1.29, 1.82) is 0 Å². The summed E-state index contributed by atoms with van der Waals surface area (Å²) >= 11 is 0. The SMILES string of the molecule is COB(OC)c1c(C)cccc1C(F)(F)F. The van der Waals surface area contributed by atoms with Gasteiger partial charge in [0, 0.05) is 14.2 Å². The molecule has 0 radical (unpaired) electrons. The first-order valence-corrected chi connectivity index (χ1v) is 4.64. The van der Waals surface area contributed by atoms with Crippen molar-refractivity contribution in [2.24, 2.45) is 0 Å². The molecule has 0 saturated carbocycles. The molecule has 0 bridgehead atoms. The molecular weight excluding hydrogens is 220 g/mol. The van der Waals surface area contributed by atoms with Gasteiger partial charge in [-0.3, -0.25) is 0 Å². The van der Waals surface area contributed by atoms with E-state index in [9.17, 15) is 13.2 Å². The van der Waals surface area contributed by atoms with Crippen molar-refractivity contribution in [2.45, 2.75) is 13.1 Å². The molecule has 2 nitrogen and oxygen atoms in total. The molecule has 1 rings (SSSR count). The van der Waals surface area contributed by atoms with E-state index in [1.165, 1.54) is 20.3 Å². The van der Waals surface area contributed by atoms with Crippen molar-refractivity contribution in [3.63, 3.8) is 0 Å². The van der Waals surface area contributed by atoms with Crippen LogP contribution in [0.4, 0.5) is 13.2 Å². The van der Waals surface area contributed by atoms with E-state index >= 15 is 0 Å². The first-order valence-electron chi connectivity index (χ1n) is 4.64. The fraction of sp³-hybridized carbons (Fsp3) is 0.400. The maximum atomic E-state index is 12.8. The van der Waals surface area contributed by atoms with E-state index in [1.54, 1.807) is 13.0 Å². The molecule has 0 aliphatic heterocycles. The molecule has 0 N–H and O–H groups in total. The molecule has 0 unspecified atom stereocenters. The quantitative estimate of drug-likeness (QED) is 0.742. The normalized spacial score (nSPS) is 11.6. The number of hydrogen-bond donors (Lipinski definition) is 0. The molecule has 0 heterocycles. The van der Waals surface area contributed by atoms with Gasteiger partial charge < -0.3 is 9.31 Å². The van der Waals surface area contributed by atoms with Crippen molar-refractivity contribution < 1.29 is 22.5 Å². The van der Waals surface area contributed by atoms with Crippen LogP contribution in [0.2, 0.25) is 0 Å². The Morgan fingerprint density at radius 1 is 1.12 bits per heavy atom. The van der Waals surface area contributed by atoms with Crippen molar-refractivity contribution in [2.75, 3.05) is 14.2 Å². The van der Waals surface area contributed by atoms with Gasteiger partial charge in [0.2, 0.25) is 0 Å². The summed E-state index contributed by atoms with van der Waals surface area (Å²) in [5.74, 6) is 0. The zero-order valence-corrected chi connectivity index (χ0v) is 9.26. The highest BCUT2D eigenvalue weighted by molar-refractivity contribution is 6.62. The van der Waals surface area contributed by atoms with Gasteiger partial charge in [-0.1, -0.05) is 23.8 Å². The number of alkyl halides is 3. The van der Waals surface area contributed by atoms with E-state index in [-0.39, 0.29) is 5.46 Å². The molecule has 0 fully saturated rings. The highest BCUT2D eigenvalue weighted by Gasteiger charge is 2.38. The van der Waals surface area contributed by atoms with E-state index in [0.29, 0.717) is 5.56 Å². The fourth-order valence-electron chi connectivity index (χ4n) is 1.57. The summed E-state index contributed by atoms with van der Waals surface area (Å²) in [5, 5.41) is 0. The number of hydrogen-bond acceptors (Lipinski definition) is 2. The molecule has 0 aliphatic rings. The molecule has 88 valence electrons. The van der Waals surface area contributed by atoms with Gasteiger partial charge >= 0.3 is 13.3 Å². The van der Waals surface area contributed by atoms with Crippen LogP contribution < -0.4 is 5.46 Å². The molecule has 0 aliphatic carbocycles. The third-order valence-corrected chi connectivity index (χ3v) is 2.29. The minimum absolute atomic E-state index is 0.0278. The van der Waals surface area contributed by atoms with E-state index in [1.807, 2.05) is 0 Å². The van der Waals surface area contributed by atoms with Gasteiger partial charge in [-0.2, -0.15) is 13.2 Å². The molecule has 16 heavy (non-hydrogen) atoms. The van der Waals surface area contributed by atoms with Crippen LogP contribution in [0.15, 0.2) is 18.2 Å². The molecule has 6 heteroatoms. The number of rotatable bonds is 3. The van der Waals surface area contributed by atoms with Crippen LogP contribution in [-0.4, -0.2) is 21.3 Å². The van der Waals surface area contributed by atoms with Gasteiger partial charge in [0.1, 0.15) is 0 Å². The molecule has 0 amide bonds. The minimum Gasteiger partial charge on any atom is -0.410 e. The lowest BCUT2D eigenvalue weighted by molar-refractivity contribution is -0.136. The van der Waals surface area contributed by atoms with Gasteiger partial charge in [-0.25, -0.2) is 0 Å². The van der Waals surface area contributed by atoms with E-state index in [0.717, 1.165) is 6.07 Å². The van der Waals surface area contributed by atoms with Gasteiger partial charge in [0.25, 0.3) is 0 Å². The molecule has 1 aromatic rings. The summed E-state index contributed by atoms with van der Waals surface area (Å²) in [6, 6.07) is 3.98. The Morgan fingerprint density at radius 2 is 1.69 bits per heavy atom. The average Bonchev–Trinajstić information content (AvgIpc) is 2.20. The number of benzene rings is 1. The van der Waals surface area contributed by atoms with Crippen LogP contribution in [-0.2, 0) is 15.5 Å². The Kier molecular flexibility index (Phi) is 3.99. The second-order valence-electron chi connectivity index (χ2n) is 3.34. The topological polar surface area (TPSA) is 18.5 Å². The Labute approximate surface area is 92.5 Å².